The second kappa shape index (κ2) is 11.4. The minimum absolute atomic E-state index is 0.181. The lowest BCUT2D eigenvalue weighted by atomic mass is 9.85. The second-order valence-electron chi connectivity index (χ2n) is 10.5. The molecule has 0 amide bonds. The van der Waals surface area contributed by atoms with Gasteiger partial charge in [-0.2, -0.15) is 0 Å². The van der Waals surface area contributed by atoms with Gasteiger partial charge in [0.1, 0.15) is 23.1 Å². The Balaban J connectivity index is 1.55. The van der Waals surface area contributed by atoms with Crippen LogP contribution in [0.2, 0.25) is 0 Å². The number of anilines is 2. The van der Waals surface area contributed by atoms with E-state index >= 15 is 0 Å². The molecule has 0 unspecified atom stereocenters. The van der Waals surface area contributed by atoms with Crippen LogP contribution in [-0.2, 0) is 6.54 Å². The Labute approximate surface area is 239 Å². The number of rotatable bonds is 8. The molecule has 41 heavy (non-hydrogen) atoms. The van der Waals surface area contributed by atoms with E-state index in [1.54, 1.807) is 26.4 Å². The highest BCUT2D eigenvalue weighted by Gasteiger charge is 2.27. The SMILES string of the molecule is COc1ccccc1NCc1c(-c2ccc(OC(=O)c3ccc(F)cc3)cc2OC)ccc2c1C(C)=CC(C)(C)N2. The lowest BCUT2D eigenvalue weighted by Crippen LogP contribution is -2.32. The van der Waals surface area contributed by atoms with Gasteiger partial charge in [-0.3, -0.25) is 0 Å². The maximum atomic E-state index is 13.3. The van der Waals surface area contributed by atoms with Gasteiger partial charge in [0.05, 0.1) is 31.0 Å². The van der Waals surface area contributed by atoms with Crippen LogP contribution in [0.4, 0.5) is 15.8 Å². The number of hydrogen-bond acceptors (Lipinski definition) is 6. The van der Waals surface area contributed by atoms with E-state index in [1.165, 1.54) is 29.8 Å². The van der Waals surface area contributed by atoms with Gasteiger partial charge in [0, 0.05) is 29.4 Å². The standard InChI is InChI=1S/C34H33FN2O4/c1-21-19-34(2,3)37-29-17-16-25(27(32(21)29)20-36-28-8-6-7-9-30(28)39-4)26-15-14-24(18-31(26)40-5)41-33(38)22-10-12-23(35)13-11-22/h6-19,36-37H,20H2,1-5H3. The Morgan fingerprint density at radius 2 is 1.61 bits per heavy atom. The van der Waals surface area contributed by atoms with Crippen molar-refractivity contribution in [3.8, 4) is 28.4 Å². The van der Waals surface area contributed by atoms with Gasteiger partial charge < -0.3 is 24.8 Å². The zero-order chi connectivity index (χ0) is 29.1. The molecule has 0 aromatic heterocycles. The van der Waals surface area contributed by atoms with Crippen molar-refractivity contribution in [3.05, 3.63) is 107 Å². The summed E-state index contributed by atoms with van der Waals surface area (Å²) in [6.07, 6.45) is 2.24. The average Bonchev–Trinajstić information content (AvgIpc) is 2.95. The number of esters is 1. The molecule has 0 saturated carbocycles. The Morgan fingerprint density at radius 1 is 0.902 bits per heavy atom. The minimum atomic E-state index is -0.579. The zero-order valence-corrected chi connectivity index (χ0v) is 23.8. The summed E-state index contributed by atoms with van der Waals surface area (Å²) in [6, 6.07) is 22.6. The predicted molar refractivity (Wildman–Crippen MR) is 161 cm³/mol. The Kier molecular flexibility index (Phi) is 7.70. The number of fused-ring (bicyclic) bond motifs is 1. The van der Waals surface area contributed by atoms with Crippen molar-refractivity contribution >= 4 is 22.9 Å². The van der Waals surface area contributed by atoms with Gasteiger partial charge in [-0.1, -0.05) is 24.3 Å². The fourth-order valence-electron chi connectivity index (χ4n) is 5.32. The zero-order valence-electron chi connectivity index (χ0n) is 23.8. The number of allylic oxidation sites excluding steroid dienone is 1. The lowest BCUT2D eigenvalue weighted by Gasteiger charge is -2.33. The molecule has 0 saturated heterocycles. The van der Waals surface area contributed by atoms with E-state index in [2.05, 4.69) is 49.6 Å². The first-order chi connectivity index (χ1) is 19.7. The molecule has 0 atom stereocenters. The summed E-state index contributed by atoms with van der Waals surface area (Å²) < 4.78 is 30.2. The van der Waals surface area contributed by atoms with Crippen LogP contribution in [0.5, 0.6) is 17.2 Å². The van der Waals surface area contributed by atoms with Crippen LogP contribution in [-0.4, -0.2) is 25.7 Å². The molecule has 1 heterocycles. The van der Waals surface area contributed by atoms with Gasteiger partial charge in [0.25, 0.3) is 0 Å². The number of halogens is 1. The maximum absolute atomic E-state index is 13.3. The largest absolute Gasteiger partial charge is 0.496 e. The third-order valence-electron chi connectivity index (χ3n) is 7.06. The maximum Gasteiger partial charge on any atom is 0.343 e. The number of carbonyl (C=O) groups is 1. The number of benzene rings is 4. The van der Waals surface area contributed by atoms with E-state index in [0.717, 1.165) is 39.4 Å². The van der Waals surface area contributed by atoms with Crippen LogP contribution >= 0.6 is 0 Å². The molecule has 4 aromatic rings. The van der Waals surface area contributed by atoms with Crippen molar-refractivity contribution in [2.24, 2.45) is 0 Å². The Bertz CT molecular complexity index is 1630. The van der Waals surface area contributed by atoms with E-state index in [4.69, 9.17) is 14.2 Å². The fraction of sp³-hybridized carbons (Fsp3) is 0.206. The van der Waals surface area contributed by atoms with Crippen molar-refractivity contribution in [2.45, 2.75) is 32.9 Å². The molecule has 6 nitrogen and oxygen atoms in total. The number of nitrogens with one attached hydrogen (secondary N) is 2. The van der Waals surface area contributed by atoms with Crippen LogP contribution in [0.1, 0.15) is 42.3 Å². The first kappa shape index (κ1) is 27.8. The van der Waals surface area contributed by atoms with Gasteiger partial charge in [-0.25, -0.2) is 9.18 Å². The highest BCUT2D eigenvalue weighted by atomic mass is 19.1. The van der Waals surface area contributed by atoms with E-state index in [1.807, 2.05) is 30.3 Å². The van der Waals surface area contributed by atoms with Crippen LogP contribution in [0.25, 0.3) is 16.7 Å². The van der Waals surface area contributed by atoms with Gasteiger partial charge in [0.15, 0.2) is 0 Å². The molecule has 1 aliphatic heterocycles. The highest BCUT2D eigenvalue weighted by Crippen LogP contribution is 2.43. The summed E-state index contributed by atoms with van der Waals surface area (Å²) in [5.41, 5.74) is 7.23. The van der Waals surface area contributed by atoms with Crippen molar-refractivity contribution in [3.63, 3.8) is 0 Å². The number of ether oxygens (including phenoxy) is 3. The fourth-order valence-corrected chi connectivity index (χ4v) is 5.32. The molecule has 4 aromatic carbocycles. The molecule has 0 spiro atoms. The normalized spacial score (nSPS) is 13.4. The van der Waals surface area contributed by atoms with Crippen LogP contribution in [0.3, 0.4) is 0 Å². The summed E-state index contributed by atoms with van der Waals surface area (Å²) in [5, 5.41) is 7.21. The quantitative estimate of drug-likeness (QED) is 0.171. The molecular formula is C34H33FN2O4. The van der Waals surface area contributed by atoms with Crippen molar-refractivity contribution in [2.75, 3.05) is 24.9 Å². The molecule has 0 fully saturated rings. The third kappa shape index (κ3) is 5.89. The van der Waals surface area contributed by atoms with Crippen LogP contribution in [0, 0.1) is 5.82 Å². The Morgan fingerprint density at radius 3 is 2.34 bits per heavy atom. The number of methoxy groups -OCH3 is 2. The van der Waals surface area contributed by atoms with Gasteiger partial charge in [0.2, 0.25) is 0 Å². The van der Waals surface area contributed by atoms with Gasteiger partial charge >= 0.3 is 5.97 Å². The summed E-state index contributed by atoms with van der Waals surface area (Å²) in [4.78, 5) is 12.6. The van der Waals surface area contributed by atoms with Crippen LogP contribution < -0.4 is 24.8 Å². The topological polar surface area (TPSA) is 68.8 Å². The summed E-state index contributed by atoms with van der Waals surface area (Å²) >= 11 is 0. The summed E-state index contributed by atoms with van der Waals surface area (Å²) in [7, 11) is 3.25. The number of hydrogen-bond donors (Lipinski definition) is 2. The molecular weight excluding hydrogens is 519 g/mol. The van der Waals surface area contributed by atoms with Crippen molar-refractivity contribution < 1.29 is 23.4 Å². The smallest absolute Gasteiger partial charge is 0.343 e. The second-order valence-corrected chi connectivity index (χ2v) is 10.5. The van der Waals surface area contributed by atoms with Crippen molar-refractivity contribution in [1.82, 2.24) is 0 Å². The molecule has 0 aliphatic carbocycles. The van der Waals surface area contributed by atoms with Crippen molar-refractivity contribution in [1.29, 1.82) is 0 Å². The molecule has 7 heteroatoms. The van der Waals surface area contributed by atoms with E-state index < -0.39 is 11.8 Å². The summed E-state index contributed by atoms with van der Waals surface area (Å²) in [5.74, 6) is 0.641. The third-order valence-corrected chi connectivity index (χ3v) is 7.06. The first-order valence-electron chi connectivity index (χ1n) is 13.4. The monoisotopic (exact) mass is 552 g/mol. The first-order valence-corrected chi connectivity index (χ1v) is 13.4. The van der Waals surface area contributed by atoms with Gasteiger partial charge in [-0.05, 0) is 92.1 Å². The van der Waals surface area contributed by atoms with Crippen LogP contribution in [0.15, 0.2) is 84.9 Å². The molecule has 2 N–H and O–H groups in total. The molecule has 0 bridgehead atoms. The van der Waals surface area contributed by atoms with Gasteiger partial charge in [-0.15, -0.1) is 0 Å². The van der Waals surface area contributed by atoms with E-state index in [0.29, 0.717) is 18.0 Å². The van der Waals surface area contributed by atoms with E-state index in [9.17, 15) is 9.18 Å². The lowest BCUT2D eigenvalue weighted by molar-refractivity contribution is 0.0734. The Hall–Kier alpha value is -4.78. The molecule has 0 radical (unpaired) electrons. The molecule has 1 aliphatic rings. The molecule has 5 rings (SSSR count). The highest BCUT2D eigenvalue weighted by molar-refractivity contribution is 5.92. The number of para-hydroxylation sites is 2. The summed E-state index contributed by atoms with van der Waals surface area (Å²) in [6.45, 7) is 6.95. The minimum Gasteiger partial charge on any atom is -0.496 e. The molecule has 210 valence electrons. The number of carbonyl (C=O) groups excluding carboxylic acids is 1. The predicted octanol–water partition coefficient (Wildman–Crippen LogP) is 7.95. The van der Waals surface area contributed by atoms with E-state index in [-0.39, 0.29) is 11.1 Å². The average molecular weight is 553 g/mol.